The van der Waals surface area contributed by atoms with Crippen LogP contribution in [0.15, 0.2) is 35.4 Å². The highest BCUT2D eigenvalue weighted by Gasteiger charge is 2.22. The second-order valence-corrected chi connectivity index (χ2v) is 5.94. The van der Waals surface area contributed by atoms with E-state index in [0.29, 0.717) is 5.56 Å². The first kappa shape index (κ1) is 20.2. The van der Waals surface area contributed by atoms with E-state index in [2.05, 4.69) is 10.5 Å². The van der Waals surface area contributed by atoms with Crippen molar-refractivity contribution in [1.29, 1.82) is 0 Å². The van der Waals surface area contributed by atoms with E-state index in [9.17, 15) is 10.1 Å². The van der Waals surface area contributed by atoms with Gasteiger partial charge in [-0.3, -0.25) is 10.1 Å². The summed E-state index contributed by atoms with van der Waals surface area (Å²) in [4.78, 5) is 11.0. The van der Waals surface area contributed by atoms with E-state index in [1.165, 1.54) is 19.4 Å². The largest absolute Gasteiger partial charge is 0.493 e. The molecule has 0 spiro atoms. The van der Waals surface area contributed by atoms with Crippen LogP contribution in [0.25, 0.3) is 0 Å². The van der Waals surface area contributed by atoms with Crippen molar-refractivity contribution >= 4 is 11.9 Å². The van der Waals surface area contributed by atoms with Crippen LogP contribution in [0.4, 0.5) is 5.69 Å². The van der Waals surface area contributed by atoms with Crippen molar-refractivity contribution in [3.05, 3.63) is 62.7 Å². The molecule has 0 radical (unpaired) electrons. The lowest BCUT2D eigenvalue weighted by atomic mass is 10.1. The molecule has 0 amide bonds. The van der Waals surface area contributed by atoms with Gasteiger partial charge in [0, 0.05) is 11.6 Å². The number of rotatable bonds is 9. The van der Waals surface area contributed by atoms with E-state index >= 15 is 0 Å². The molecule has 0 aliphatic rings. The standard InChI is InChI=1S/C19H23N3O5/c1-13-4-5-14(2)16(8-13)12-27-19-17(22(24)25)9-15(10-18(19)26-3)11-21-20-6-7-23/h4-5,8-11,20,23H,6-7,12H2,1-3H3/b21-11+. The van der Waals surface area contributed by atoms with Crippen LogP contribution in [0.3, 0.4) is 0 Å². The normalized spacial score (nSPS) is 10.8. The van der Waals surface area contributed by atoms with E-state index in [0.717, 1.165) is 16.7 Å². The maximum atomic E-state index is 11.5. The smallest absolute Gasteiger partial charge is 0.315 e. The van der Waals surface area contributed by atoms with Crippen molar-refractivity contribution in [2.24, 2.45) is 5.10 Å². The minimum atomic E-state index is -0.514. The Labute approximate surface area is 157 Å². The van der Waals surface area contributed by atoms with Gasteiger partial charge in [-0.15, -0.1) is 0 Å². The predicted octanol–water partition coefficient (Wildman–Crippen LogP) is 2.72. The molecule has 0 aliphatic heterocycles. The van der Waals surface area contributed by atoms with Crippen LogP contribution >= 0.6 is 0 Å². The number of nitro groups is 1. The number of methoxy groups -OCH3 is 1. The van der Waals surface area contributed by atoms with Crippen molar-refractivity contribution in [1.82, 2.24) is 5.43 Å². The number of hydrogen-bond acceptors (Lipinski definition) is 7. The first-order valence-corrected chi connectivity index (χ1v) is 8.38. The van der Waals surface area contributed by atoms with Gasteiger partial charge in [-0.25, -0.2) is 0 Å². The van der Waals surface area contributed by atoms with Gasteiger partial charge in [0.1, 0.15) is 6.61 Å². The molecule has 2 aromatic rings. The van der Waals surface area contributed by atoms with Gasteiger partial charge >= 0.3 is 5.69 Å². The van der Waals surface area contributed by atoms with Crippen molar-refractivity contribution in [3.63, 3.8) is 0 Å². The minimum absolute atomic E-state index is 0.0635. The Bertz CT molecular complexity index is 836. The average Bonchev–Trinajstić information content (AvgIpc) is 2.65. The van der Waals surface area contributed by atoms with Gasteiger partial charge < -0.3 is 20.0 Å². The Morgan fingerprint density at radius 2 is 2.07 bits per heavy atom. The number of nitro benzene ring substituents is 1. The molecular formula is C19H23N3O5. The molecule has 8 nitrogen and oxygen atoms in total. The van der Waals surface area contributed by atoms with Crippen LogP contribution in [-0.2, 0) is 6.61 Å². The maximum Gasteiger partial charge on any atom is 0.315 e. The van der Waals surface area contributed by atoms with Crippen LogP contribution in [0.5, 0.6) is 11.5 Å². The summed E-state index contributed by atoms with van der Waals surface area (Å²) < 4.78 is 11.1. The molecule has 0 bridgehead atoms. The number of hydrazone groups is 1. The van der Waals surface area contributed by atoms with Crippen LogP contribution in [0.1, 0.15) is 22.3 Å². The molecular weight excluding hydrogens is 350 g/mol. The van der Waals surface area contributed by atoms with Gasteiger partial charge in [0.15, 0.2) is 5.75 Å². The molecule has 2 aromatic carbocycles. The summed E-state index contributed by atoms with van der Waals surface area (Å²) in [5, 5.41) is 24.2. The lowest BCUT2D eigenvalue weighted by Crippen LogP contribution is -2.11. The molecule has 0 atom stereocenters. The third-order valence-corrected chi connectivity index (χ3v) is 3.88. The zero-order chi connectivity index (χ0) is 19.8. The van der Waals surface area contributed by atoms with E-state index in [1.54, 1.807) is 6.07 Å². The Kier molecular flexibility index (Phi) is 7.13. The van der Waals surface area contributed by atoms with Gasteiger partial charge in [0.2, 0.25) is 5.75 Å². The van der Waals surface area contributed by atoms with E-state index < -0.39 is 4.92 Å². The Balaban J connectivity index is 2.32. The van der Waals surface area contributed by atoms with Crippen LogP contribution < -0.4 is 14.9 Å². The lowest BCUT2D eigenvalue weighted by Gasteiger charge is -2.13. The molecule has 2 rings (SSSR count). The summed E-state index contributed by atoms with van der Waals surface area (Å²) in [5.41, 5.74) is 5.97. The number of hydrogen-bond donors (Lipinski definition) is 2. The Morgan fingerprint density at radius 3 is 2.74 bits per heavy atom. The van der Waals surface area contributed by atoms with Crippen LogP contribution in [0, 0.1) is 24.0 Å². The number of ether oxygens (including phenoxy) is 2. The highest BCUT2D eigenvalue weighted by atomic mass is 16.6. The van der Waals surface area contributed by atoms with Crippen molar-refractivity contribution in [3.8, 4) is 11.5 Å². The number of nitrogens with one attached hydrogen (secondary N) is 1. The molecule has 0 heterocycles. The molecule has 0 saturated carbocycles. The summed E-state index contributed by atoms with van der Waals surface area (Å²) in [6.07, 6.45) is 1.42. The Morgan fingerprint density at radius 1 is 1.30 bits per heavy atom. The van der Waals surface area contributed by atoms with Crippen molar-refractivity contribution in [2.45, 2.75) is 20.5 Å². The molecule has 144 valence electrons. The zero-order valence-corrected chi connectivity index (χ0v) is 15.6. The maximum absolute atomic E-state index is 11.5. The van der Waals surface area contributed by atoms with Crippen molar-refractivity contribution < 1.29 is 19.5 Å². The fourth-order valence-electron chi connectivity index (χ4n) is 2.46. The quantitative estimate of drug-likeness (QED) is 0.303. The fraction of sp³-hybridized carbons (Fsp3) is 0.316. The first-order chi connectivity index (χ1) is 13.0. The second kappa shape index (κ2) is 9.54. The molecule has 0 fully saturated rings. The van der Waals surface area contributed by atoms with Gasteiger partial charge in [-0.2, -0.15) is 5.10 Å². The predicted molar refractivity (Wildman–Crippen MR) is 103 cm³/mol. The topological polar surface area (TPSA) is 106 Å². The fourth-order valence-corrected chi connectivity index (χ4v) is 2.46. The molecule has 27 heavy (non-hydrogen) atoms. The van der Waals surface area contributed by atoms with E-state index in [1.807, 2.05) is 32.0 Å². The molecule has 2 N–H and O–H groups in total. The van der Waals surface area contributed by atoms with Gasteiger partial charge in [-0.1, -0.05) is 23.8 Å². The lowest BCUT2D eigenvalue weighted by molar-refractivity contribution is -0.386. The summed E-state index contributed by atoms with van der Waals surface area (Å²) >= 11 is 0. The molecule has 0 saturated heterocycles. The first-order valence-electron chi connectivity index (χ1n) is 8.38. The number of aryl methyl sites for hydroxylation is 2. The zero-order valence-electron chi connectivity index (χ0n) is 15.6. The minimum Gasteiger partial charge on any atom is -0.493 e. The highest BCUT2D eigenvalue weighted by Crippen LogP contribution is 2.38. The van der Waals surface area contributed by atoms with E-state index in [-0.39, 0.29) is 36.9 Å². The van der Waals surface area contributed by atoms with Crippen molar-refractivity contribution in [2.75, 3.05) is 20.3 Å². The SMILES string of the molecule is COc1cc(/C=N/NCCO)cc([N+](=O)[O-])c1OCc1cc(C)ccc1C. The van der Waals surface area contributed by atoms with Gasteiger partial charge in [-0.05, 0) is 31.0 Å². The number of benzene rings is 2. The summed E-state index contributed by atoms with van der Waals surface area (Å²) in [6.45, 7) is 4.35. The Hall–Kier alpha value is -3.13. The molecule has 0 unspecified atom stereocenters. The summed E-state index contributed by atoms with van der Waals surface area (Å²) in [6, 6.07) is 8.95. The molecule has 0 aromatic heterocycles. The molecule has 0 aliphatic carbocycles. The summed E-state index contributed by atoms with van der Waals surface area (Å²) in [5.74, 6) is 0.321. The van der Waals surface area contributed by atoms with E-state index in [4.69, 9.17) is 14.6 Å². The molecule has 8 heteroatoms. The second-order valence-electron chi connectivity index (χ2n) is 5.94. The third kappa shape index (κ3) is 5.42. The summed E-state index contributed by atoms with van der Waals surface area (Å²) in [7, 11) is 1.43. The number of aliphatic hydroxyl groups is 1. The average molecular weight is 373 g/mol. The monoisotopic (exact) mass is 373 g/mol. The van der Waals surface area contributed by atoms with Gasteiger partial charge in [0.25, 0.3) is 0 Å². The van der Waals surface area contributed by atoms with Crippen LogP contribution in [0.2, 0.25) is 0 Å². The number of aliphatic hydroxyl groups excluding tert-OH is 1. The highest BCUT2D eigenvalue weighted by molar-refractivity contribution is 5.83. The third-order valence-electron chi connectivity index (χ3n) is 3.88. The number of nitrogens with zero attached hydrogens (tertiary/aromatic N) is 2. The van der Waals surface area contributed by atoms with Gasteiger partial charge in [0.05, 0.1) is 31.4 Å². The van der Waals surface area contributed by atoms with Crippen LogP contribution in [-0.4, -0.2) is 36.5 Å².